The van der Waals surface area contributed by atoms with Crippen LogP contribution in [0.5, 0.6) is 0 Å². The molecule has 0 saturated carbocycles. The first kappa shape index (κ1) is 9.25. The van der Waals surface area contributed by atoms with Crippen LogP contribution in [0.2, 0.25) is 0 Å². The zero-order chi connectivity index (χ0) is 3.58. The van der Waals surface area contributed by atoms with E-state index in [2.05, 4.69) is 0 Å². The average molecular weight is 172 g/mol. The molecule has 0 aliphatic heterocycles. The van der Waals surface area contributed by atoms with Gasteiger partial charge in [0, 0.05) is 37.2 Å². The molecule has 0 bridgehead atoms. The van der Waals surface area contributed by atoms with E-state index in [1.807, 2.05) is 0 Å². The molecule has 0 aromatic heterocycles. The van der Waals surface area contributed by atoms with Crippen molar-refractivity contribution >= 4 is 11.0 Å². The third kappa shape index (κ3) is 59.4. The van der Waals surface area contributed by atoms with Gasteiger partial charge in [-0.15, -0.1) is 0 Å². The van der Waals surface area contributed by atoms with Gasteiger partial charge >= 0.3 is 0 Å². The number of hydrogen-bond acceptors (Lipinski definition) is 3. The Morgan fingerprint density at radius 1 is 1.40 bits per heavy atom. The molecule has 0 aliphatic rings. The second kappa shape index (κ2) is 4.79. The molecule has 0 radical (unpaired) electrons. The topological polar surface area (TPSA) is 54.4 Å². The molecule has 5 heavy (non-hydrogen) atoms. The van der Waals surface area contributed by atoms with Crippen LogP contribution in [0.15, 0.2) is 0 Å². The zero-order valence-electron chi connectivity index (χ0n) is 2.17. The van der Waals surface area contributed by atoms with E-state index in [0.29, 0.717) is 0 Å². The van der Waals surface area contributed by atoms with Crippen LogP contribution in [0.3, 0.4) is 0 Å². The molecular weight excluding hydrogens is 171 g/mol. The Labute approximate surface area is 50.3 Å². The van der Waals surface area contributed by atoms with Crippen molar-refractivity contribution in [3.63, 3.8) is 0 Å². The van der Waals surface area contributed by atoms with E-state index >= 15 is 0 Å². The van der Waals surface area contributed by atoms with Gasteiger partial charge in [0.05, 0.1) is 0 Å². The Balaban J connectivity index is 0. The predicted molar refractivity (Wildman–Crippen MR) is 11.4 cm³/mol. The molecule has 30 valence electrons. The summed E-state index contributed by atoms with van der Waals surface area (Å²) in [5, 5.41) is 0. The van der Waals surface area contributed by atoms with E-state index in [0.717, 1.165) is 0 Å². The Bertz CT molecular complexity index is 55.3. The maximum atomic E-state index is 8.56. The molecule has 1 N–H and O–H groups in total. The first-order valence-electron chi connectivity index (χ1n) is 0.516. The van der Waals surface area contributed by atoms with Crippen LogP contribution in [-0.4, -0.2) is 4.55 Å². The van der Waals surface area contributed by atoms with Crippen molar-refractivity contribution in [2.24, 2.45) is 0 Å². The zero-order valence-corrected chi connectivity index (χ0v) is 5.45. The molecule has 3 nitrogen and oxygen atoms in total. The molecule has 0 amide bonds. The van der Waals surface area contributed by atoms with Crippen molar-refractivity contribution in [2.75, 3.05) is 0 Å². The summed E-state index contributed by atoms with van der Waals surface area (Å²) < 4.78 is 24.1. The third-order valence-corrected chi connectivity index (χ3v) is 0. The van der Waals surface area contributed by atoms with Crippen LogP contribution in [0, 0.1) is 0 Å². The third-order valence-electron chi connectivity index (χ3n) is 0. The van der Waals surface area contributed by atoms with Gasteiger partial charge < -0.3 is 13.0 Å². The molecule has 0 fully saturated rings. The standard InChI is InChI=1S/HO3S.Zr/c1-4(2)3;/h(H,1,2,3);/q-1;. The summed E-state index contributed by atoms with van der Waals surface area (Å²) in [6.07, 6.45) is 0. The summed E-state index contributed by atoms with van der Waals surface area (Å²) in [6.45, 7) is 0. The minimum absolute atomic E-state index is 0. The van der Waals surface area contributed by atoms with Crippen molar-refractivity contribution in [3.05, 3.63) is 0 Å². The molecule has 0 aliphatic carbocycles. The molecule has 0 aromatic rings. The summed E-state index contributed by atoms with van der Waals surface area (Å²) in [7, 11) is -2.86. The van der Waals surface area contributed by atoms with Gasteiger partial charge in [0.1, 0.15) is 0 Å². The SMILES string of the molecule is O=[S-](=O)O.[Zr]. The summed E-state index contributed by atoms with van der Waals surface area (Å²) in [4.78, 5) is 0. The fourth-order valence-corrected chi connectivity index (χ4v) is 0. The van der Waals surface area contributed by atoms with Gasteiger partial charge in [0.2, 0.25) is 0 Å². The Hall–Kier alpha value is 0.793. The predicted octanol–water partition coefficient (Wildman–Crippen LogP) is -0.234. The Morgan fingerprint density at radius 2 is 1.40 bits per heavy atom. The van der Waals surface area contributed by atoms with Gasteiger partial charge in [0.25, 0.3) is 0 Å². The maximum absolute atomic E-state index is 8.56. The second-order valence-corrected chi connectivity index (χ2v) is 0.651. The summed E-state index contributed by atoms with van der Waals surface area (Å²) in [5.41, 5.74) is 0. The van der Waals surface area contributed by atoms with Gasteiger partial charge in [-0.1, -0.05) is 0 Å². The van der Waals surface area contributed by atoms with Gasteiger partial charge in [-0.2, -0.15) is 0 Å². The molecule has 0 saturated heterocycles. The maximum Gasteiger partial charge on any atom is 0.0495 e. The van der Waals surface area contributed by atoms with E-state index in [-0.39, 0.29) is 26.2 Å². The average Bonchev–Trinajstić information content (AvgIpc) is 0.811. The quantitative estimate of drug-likeness (QED) is 0.312. The van der Waals surface area contributed by atoms with Crippen molar-refractivity contribution in [1.82, 2.24) is 0 Å². The molecule has 5 heteroatoms. The first-order valence-corrected chi connectivity index (χ1v) is 1.55. The van der Waals surface area contributed by atoms with E-state index in [1.54, 1.807) is 0 Å². The van der Waals surface area contributed by atoms with E-state index in [4.69, 9.17) is 13.0 Å². The van der Waals surface area contributed by atoms with Crippen molar-refractivity contribution in [2.45, 2.75) is 0 Å². The van der Waals surface area contributed by atoms with Crippen LogP contribution in [0.1, 0.15) is 0 Å². The largest absolute Gasteiger partial charge is 0.439 e. The van der Waals surface area contributed by atoms with Crippen LogP contribution in [0.25, 0.3) is 0 Å². The normalized spacial score (nSPS) is 6.80. The second-order valence-electron chi connectivity index (χ2n) is 0.217. The van der Waals surface area contributed by atoms with Crippen LogP contribution < -0.4 is 0 Å². The van der Waals surface area contributed by atoms with Crippen molar-refractivity contribution < 1.29 is 39.2 Å². The molecule has 0 atom stereocenters. The van der Waals surface area contributed by atoms with Crippen molar-refractivity contribution in [3.8, 4) is 0 Å². The van der Waals surface area contributed by atoms with Gasteiger partial charge in [0.15, 0.2) is 0 Å². The fourth-order valence-electron chi connectivity index (χ4n) is 0. The molecule has 0 spiro atoms. The Morgan fingerprint density at radius 3 is 1.40 bits per heavy atom. The number of hydrogen-bond donors (Lipinski definition) is 1. The van der Waals surface area contributed by atoms with Gasteiger partial charge in [-0.3, -0.25) is 0 Å². The van der Waals surface area contributed by atoms with E-state index in [1.165, 1.54) is 0 Å². The minimum Gasteiger partial charge on any atom is -0.439 e. The summed E-state index contributed by atoms with van der Waals surface area (Å²) in [5.74, 6) is 0. The van der Waals surface area contributed by atoms with Crippen molar-refractivity contribution in [1.29, 1.82) is 0 Å². The number of rotatable bonds is 0. The van der Waals surface area contributed by atoms with Gasteiger partial charge in [-0.25, -0.2) is 0 Å². The monoisotopic (exact) mass is 171 g/mol. The molecule has 0 unspecified atom stereocenters. The van der Waals surface area contributed by atoms with Crippen LogP contribution in [0.4, 0.5) is 0 Å². The first-order chi connectivity index (χ1) is 1.73. The summed E-state index contributed by atoms with van der Waals surface area (Å²) in [6, 6.07) is 0. The fraction of sp³-hybridized carbons (Fsp3) is 0. The van der Waals surface area contributed by atoms with E-state index in [9.17, 15) is 0 Å². The van der Waals surface area contributed by atoms with Crippen LogP contribution in [-0.2, 0) is 45.6 Å². The van der Waals surface area contributed by atoms with Crippen LogP contribution >= 0.6 is 0 Å². The Kier molecular flexibility index (Phi) is 8.87. The molecule has 0 rings (SSSR count). The minimum atomic E-state index is -2.86. The van der Waals surface area contributed by atoms with E-state index < -0.39 is 11.0 Å². The molecule has 0 heterocycles. The smallest absolute Gasteiger partial charge is 0.0495 e. The summed E-state index contributed by atoms with van der Waals surface area (Å²) >= 11 is 0. The molecular formula is HO3SZr-. The molecule has 0 aromatic carbocycles. The van der Waals surface area contributed by atoms with Gasteiger partial charge in [-0.05, 0) is 0 Å².